The first-order valence-corrected chi connectivity index (χ1v) is 10.4. The van der Waals surface area contributed by atoms with E-state index in [2.05, 4.69) is 9.97 Å². The lowest BCUT2D eigenvalue weighted by molar-refractivity contribution is 0.129. The Morgan fingerprint density at radius 1 is 1.07 bits per heavy atom. The topological polar surface area (TPSA) is 81.6 Å². The summed E-state index contributed by atoms with van der Waals surface area (Å²) < 4.78 is 38.8. The van der Waals surface area contributed by atoms with Crippen LogP contribution in [0.2, 0.25) is 0 Å². The van der Waals surface area contributed by atoms with Crippen molar-refractivity contribution in [1.82, 2.24) is 14.3 Å². The molecule has 1 aliphatic rings. The number of ether oxygens (including phenoxy) is 2. The number of sulfonamides is 1. The number of rotatable bonds is 5. The van der Waals surface area contributed by atoms with Crippen molar-refractivity contribution < 1.29 is 17.9 Å². The first-order valence-electron chi connectivity index (χ1n) is 8.93. The minimum Gasteiger partial charge on any atom is -0.495 e. The van der Waals surface area contributed by atoms with Crippen molar-refractivity contribution in [3.63, 3.8) is 0 Å². The average molecular weight is 391 g/mol. The Kier molecular flexibility index (Phi) is 5.67. The number of hydrogen-bond acceptors (Lipinski definition) is 6. The van der Waals surface area contributed by atoms with E-state index in [1.807, 2.05) is 26.8 Å². The number of aromatic nitrogens is 2. The summed E-state index contributed by atoms with van der Waals surface area (Å²) in [7, 11) is -2.13. The van der Waals surface area contributed by atoms with Gasteiger partial charge in [-0.2, -0.15) is 9.29 Å². The van der Waals surface area contributed by atoms with Gasteiger partial charge in [0.05, 0.1) is 7.11 Å². The largest absolute Gasteiger partial charge is 0.495 e. The van der Waals surface area contributed by atoms with E-state index in [4.69, 9.17) is 9.47 Å². The molecule has 8 heteroatoms. The Labute approximate surface area is 160 Å². The molecule has 3 rings (SSSR count). The summed E-state index contributed by atoms with van der Waals surface area (Å²) in [4.78, 5) is 8.75. The van der Waals surface area contributed by atoms with Crippen LogP contribution in [0.25, 0.3) is 0 Å². The van der Waals surface area contributed by atoms with E-state index in [1.165, 1.54) is 11.4 Å². The number of aryl methyl sites for hydroxylation is 3. The van der Waals surface area contributed by atoms with Crippen molar-refractivity contribution in [1.29, 1.82) is 0 Å². The maximum Gasteiger partial charge on any atom is 0.246 e. The van der Waals surface area contributed by atoms with Crippen molar-refractivity contribution in [3.05, 3.63) is 41.3 Å². The minimum absolute atomic E-state index is 0.0652. The van der Waals surface area contributed by atoms with E-state index in [-0.39, 0.29) is 11.0 Å². The zero-order chi connectivity index (χ0) is 19.6. The lowest BCUT2D eigenvalue weighted by Gasteiger charge is -2.31. The Morgan fingerprint density at radius 3 is 2.41 bits per heavy atom. The molecule has 27 heavy (non-hydrogen) atoms. The molecular weight excluding hydrogens is 366 g/mol. The highest BCUT2D eigenvalue weighted by Gasteiger charge is 2.32. The fraction of sp³-hybridized carbons (Fsp3) is 0.474. The van der Waals surface area contributed by atoms with Gasteiger partial charge in [0.2, 0.25) is 15.9 Å². The molecule has 1 fully saturated rings. The molecule has 0 spiro atoms. The van der Waals surface area contributed by atoms with E-state index in [9.17, 15) is 8.42 Å². The molecule has 2 aromatic rings. The van der Waals surface area contributed by atoms with Gasteiger partial charge in [0, 0.05) is 24.8 Å². The predicted octanol–water partition coefficient (Wildman–Crippen LogP) is 2.64. The van der Waals surface area contributed by atoms with Crippen molar-refractivity contribution in [2.75, 3.05) is 20.2 Å². The van der Waals surface area contributed by atoms with Gasteiger partial charge < -0.3 is 9.47 Å². The molecule has 1 saturated heterocycles. The molecule has 7 nitrogen and oxygen atoms in total. The first kappa shape index (κ1) is 19.6. The highest BCUT2D eigenvalue weighted by Crippen LogP contribution is 2.30. The third kappa shape index (κ3) is 4.39. The fourth-order valence-corrected chi connectivity index (χ4v) is 4.94. The molecule has 0 bridgehead atoms. The minimum atomic E-state index is -3.61. The lowest BCUT2D eigenvalue weighted by Crippen LogP contribution is -2.41. The zero-order valence-electron chi connectivity index (χ0n) is 16.1. The van der Waals surface area contributed by atoms with Crippen LogP contribution in [0, 0.1) is 20.8 Å². The number of methoxy groups -OCH3 is 1. The SMILES string of the molecule is COc1ccc(C)cc1S(=O)(=O)N1CCC(Oc2cc(C)nc(C)n2)CC1. The second kappa shape index (κ2) is 7.82. The number of nitrogens with zero attached hydrogens (tertiary/aromatic N) is 3. The summed E-state index contributed by atoms with van der Waals surface area (Å²) in [6.07, 6.45) is 1.15. The highest BCUT2D eigenvalue weighted by molar-refractivity contribution is 7.89. The Balaban J connectivity index is 1.70. The van der Waals surface area contributed by atoms with Crippen molar-refractivity contribution >= 4 is 10.0 Å². The third-order valence-corrected chi connectivity index (χ3v) is 6.49. The highest BCUT2D eigenvalue weighted by atomic mass is 32.2. The summed E-state index contributed by atoms with van der Waals surface area (Å²) in [6, 6.07) is 6.98. The normalized spacial score (nSPS) is 16.3. The molecule has 0 saturated carbocycles. The molecule has 1 aromatic carbocycles. The van der Waals surface area contributed by atoms with Gasteiger partial charge in [0.1, 0.15) is 22.6 Å². The molecular formula is C19H25N3O4S. The molecule has 0 unspecified atom stereocenters. The van der Waals surface area contributed by atoms with E-state index < -0.39 is 10.0 Å². The van der Waals surface area contributed by atoms with Crippen LogP contribution >= 0.6 is 0 Å². The first-order chi connectivity index (χ1) is 12.8. The van der Waals surface area contributed by atoms with Crippen LogP contribution in [-0.4, -0.2) is 49.0 Å². The van der Waals surface area contributed by atoms with Crippen LogP contribution in [0.5, 0.6) is 11.6 Å². The van der Waals surface area contributed by atoms with E-state index in [1.54, 1.807) is 18.2 Å². The van der Waals surface area contributed by atoms with E-state index >= 15 is 0 Å². The summed E-state index contributed by atoms with van der Waals surface area (Å²) in [5, 5.41) is 0. The van der Waals surface area contributed by atoms with Gasteiger partial charge in [-0.1, -0.05) is 6.07 Å². The lowest BCUT2D eigenvalue weighted by atomic mass is 10.1. The molecule has 0 amide bonds. The van der Waals surface area contributed by atoms with Gasteiger partial charge in [0.25, 0.3) is 0 Å². The van der Waals surface area contributed by atoms with Crippen LogP contribution in [-0.2, 0) is 10.0 Å². The molecule has 2 heterocycles. The summed E-state index contributed by atoms with van der Waals surface area (Å²) >= 11 is 0. The van der Waals surface area contributed by atoms with Crippen molar-refractivity contribution in [3.8, 4) is 11.6 Å². The smallest absolute Gasteiger partial charge is 0.246 e. The van der Waals surface area contributed by atoms with E-state index in [0.29, 0.717) is 43.4 Å². The quantitative estimate of drug-likeness (QED) is 0.779. The monoisotopic (exact) mass is 391 g/mol. The van der Waals surface area contributed by atoms with Gasteiger partial charge in [0.15, 0.2) is 0 Å². The summed E-state index contributed by atoms with van der Waals surface area (Å²) in [5.74, 6) is 1.57. The van der Waals surface area contributed by atoms with Crippen LogP contribution < -0.4 is 9.47 Å². The number of piperidine rings is 1. The van der Waals surface area contributed by atoms with Crippen LogP contribution in [0.3, 0.4) is 0 Å². The molecule has 0 radical (unpaired) electrons. The van der Waals surface area contributed by atoms with Gasteiger partial charge in [-0.3, -0.25) is 0 Å². The van der Waals surface area contributed by atoms with Gasteiger partial charge in [-0.05, 0) is 51.3 Å². The Bertz CT molecular complexity index is 902. The Hall–Kier alpha value is -2.19. The number of hydrogen-bond donors (Lipinski definition) is 0. The standard InChI is InChI=1S/C19H25N3O4S/c1-13-5-6-17(25-4)18(11-13)27(23,24)22-9-7-16(8-10-22)26-19-12-14(2)20-15(3)21-19/h5-6,11-12,16H,7-10H2,1-4H3. The second-order valence-electron chi connectivity index (χ2n) is 6.77. The fourth-order valence-electron chi connectivity index (χ4n) is 3.23. The molecule has 0 aliphatic carbocycles. The third-order valence-electron chi connectivity index (χ3n) is 4.57. The van der Waals surface area contributed by atoms with Crippen molar-refractivity contribution in [2.24, 2.45) is 0 Å². The van der Waals surface area contributed by atoms with Crippen LogP contribution in [0.15, 0.2) is 29.2 Å². The predicted molar refractivity (Wildman–Crippen MR) is 102 cm³/mol. The molecule has 0 atom stereocenters. The van der Waals surface area contributed by atoms with Crippen LogP contribution in [0.1, 0.15) is 29.9 Å². The molecule has 1 aliphatic heterocycles. The maximum atomic E-state index is 13.1. The van der Waals surface area contributed by atoms with E-state index in [0.717, 1.165) is 11.3 Å². The summed E-state index contributed by atoms with van der Waals surface area (Å²) in [6.45, 7) is 6.38. The van der Waals surface area contributed by atoms with Gasteiger partial charge >= 0.3 is 0 Å². The number of benzene rings is 1. The second-order valence-corrected chi connectivity index (χ2v) is 8.68. The molecule has 1 aromatic heterocycles. The molecule has 146 valence electrons. The van der Waals surface area contributed by atoms with Crippen LogP contribution in [0.4, 0.5) is 0 Å². The van der Waals surface area contributed by atoms with Gasteiger partial charge in [-0.15, -0.1) is 0 Å². The van der Waals surface area contributed by atoms with Crippen molar-refractivity contribution in [2.45, 2.75) is 44.6 Å². The molecule has 0 N–H and O–H groups in total. The summed E-state index contributed by atoms with van der Waals surface area (Å²) in [5.41, 5.74) is 1.73. The average Bonchev–Trinajstić information content (AvgIpc) is 2.61. The maximum absolute atomic E-state index is 13.1. The Morgan fingerprint density at radius 2 is 1.78 bits per heavy atom. The van der Waals surface area contributed by atoms with Gasteiger partial charge in [-0.25, -0.2) is 13.4 Å². The zero-order valence-corrected chi connectivity index (χ0v) is 16.9.